The van der Waals surface area contributed by atoms with E-state index in [1.165, 1.54) is 19.3 Å². The monoisotopic (exact) mass is 292 g/mol. The molecule has 1 N–H and O–H groups in total. The van der Waals surface area contributed by atoms with Crippen LogP contribution in [-0.4, -0.2) is 36.0 Å². The van der Waals surface area contributed by atoms with Crippen LogP contribution < -0.4 is 5.32 Å². The molecule has 0 radical (unpaired) electrons. The van der Waals surface area contributed by atoms with E-state index in [1.54, 1.807) is 0 Å². The fourth-order valence-corrected chi connectivity index (χ4v) is 4.35. The Bertz CT molecular complexity index is 381. The van der Waals surface area contributed by atoms with Crippen LogP contribution in [0.3, 0.4) is 0 Å². The van der Waals surface area contributed by atoms with Crippen molar-refractivity contribution >= 4 is 5.91 Å². The summed E-state index contributed by atoms with van der Waals surface area (Å²) in [5.74, 6) is 1.59. The van der Waals surface area contributed by atoms with Gasteiger partial charge >= 0.3 is 0 Å². The minimum atomic E-state index is 0.384. The van der Waals surface area contributed by atoms with Crippen LogP contribution in [-0.2, 0) is 4.79 Å². The molecule has 21 heavy (non-hydrogen) atoms. The molecule has 3 fully saturated rings. The molecule has 3 nitrogen and oxygen atoms in total. The molecule has 2 unspecified atom stereocenters. The molecule has 0 aromatic heterocycles. The number of likely N-dealkylation sites (tertiary alicyclic amines) is 1. The molecule has 1 heterocycles. The Morgan fingerprint density at radius 2 is 1.76 bits per heavy atom. The smallest absolute Gasteiger partial charge is 0.225 e. The minimum absolute atomic E-state index is 0.384. The van der Waals surface area contributed by atoms with Crippen molar-refractivity contribution < 1.29 is 4.79 Å². The van der Waals surface area contributed by atoms with Gasteiger partial charge in [-0.1, -0.05) is 20.8 Å². The number of hydrogen-bond acceptors (Lipinski definition) is 2. The molecule has 3 heteroatoms. The lowest BCUT2D eigenvalue weighted by Gasteiger charge is -2.42. The second-order valence-corrected chi connectivity index (χ2v) is 8.53. The summed E-state index contributed by atoms with van der Waals surface area (Å²) < 4.78 is 0. The van der Waals surface area contributed by atoms with E-state index in [-0.39, 0.29) is 0 Å². The third-order valence-electron chi connectivity index (χ3n) is 5.88. The number of amides is 1. The molecule has 120 valence electrons. The fraction of sp³-hybridized carbons (Fsp3) is 0.944. The molecular formula is C18H32N2O. The van der Waals surface area contributed by atoms with Gasteiger partial charge in [0.25, 0.3) is 0 Å². The van der Waals surface area contributed by atoms with Crippen LogP contribution in [0.2, 0.25) is 0 Å². The van der Waals surface area contributed by atoms with E-state index in [0.717, 1.165) is 44.7 Å². The number of carbonyl (C=O) groups excluding carboxylic acids is 1. The second-order valence-electron chi connectivity index (χ2n) is 8.53. The first-order valence-electron chi connectivity index (χ1n) is 8.99. The topological polar surface area (TPSA) is 32.3 Å². The predicted molar refractivity (Wildman–Crippen MR) is 86.0 cm³/mol. The van der Waals surface area contributed by atoms with E-state index >= 15 is 0 Å². The Kier molecular flexibility index (Phi) is 4.31. The Hall–Kier alpha value is -0.570. The van der Waals surface area contributed by atoms with E-state index in [2.05, 4.69) is 31.0 Å². The molecule has 2 atom stereocenters. The van der Waals surface area contributed by atoms with Crippen LogP contribution in [0.25, 0.3) is 0 Å². The lowest BCUT2D eigenvalue weighted by atomic mass is 9.70. The highest BCUT2D eigenvalue weighted by Crippen LogP contribution is 2.39. The van der Waals surface area contributed by atoms with Crippen LogP contribution in [0, 0.1) is 17.3 Å². The summed E-state index contributed by atoms with van der Waals surface area (Å²) in [6, 6.07) is 1.32. The van der Waals surface area contributed by atoms with E-state index in [1.807, 2.05) is 0 Å². The molecule has 2 saturated carbocycles. The Morgan fingerprint density at radius 3 is 2.33 bits per heavy atom. The van der Waals surface area contributed by atoms with Crippen molar-refractivity contribution in [2.45, 2.75) is 77.8 Å². The zero-order valence-corrected chi connectivity index (χ0v) is 14.0. The van der Waals surface area contributed by atoms with E-state index in [0.29, 0.717) is 29.3 Å². The SMILES string of the molecule is CC1CC(C)(C)CCC1NC1CCN(C(=O)C2CC2)CC1. The van der Waals surface area contributed by atoms with Gasteiger partial charge in [0.2, 0.25) is 5.91 Å². The average Bonchev–Trinajstić information content (AvgIpc) is 3.26. The molecular weight excluding hydrogens is 260 g/mol. The van der Waals surface area contributed by atoms with Crippen molar-refractivity contribution in [3.05, 3.63) is 0 Å². The van der Waals surface area contributed by atoms with Crippen molar-refractivity contribution in [3.8, 4) is 0 Å². The van der Waals surface area contributed by atoms with Crippen LogP contribution in [0.15, 0.2) is 0 Å². The lowest BCUT2D eigenvalue weighted by Crippen LogP contribution is -2.51. The molecule has 0 bridgehead atoms. The molecule has 1 saturated heterocycles. The fourth-order valence-electron chi connectivity index (χ4n) is 4.35. The van der Waals surface area contributed by atoms with Gasteiger partial charge in [0.05, 0.1) is 0 Å². The van der Waals surface area contributed by atoms with Gasteiger partial charge in [0.1, 0.15) is 0 Å². The standard InChI is InChI=1S/C18H32N2O/c1-13-12-18(2,3)9-6-16(13)19-15-7-10-20(11-8-15)17(21)14-4-5-14/h13-16,19H,4-12H2,1-3H3. The van der Waals surface area contributed by atoms with Crippen LogP contribution >= 0.6 is 0 Å². The van der Waals surface area contributed by atoms with Gasteiger partial charge < -0.3 is 10.2 Å². The van der Waals surface area contributed by atoms with E-state index in [9.17, 15) is 4.79 Å². The normalized spacial score (nSPS) is 34.0. The van der Waals surface area contributed by atoms with Crippen LogP contribution in [0.5, 0.6) is 0 Å². The van der Waals surface area contributed by atoms with Crippen molar-refractivity contribution in [1.82, 2.24) is 10.2 Å². The quantitative estimate of drug-likeness (QED) is 0.866. The molecule has 0 spiro atoms. The third kappa shape index (κ3) is 3.80. The molecule has 1 amide bonds. The first-order chi connectivity index (χ1) is 9.94. The van der Waals surface area contributed by atoms with Gasteiger partial charge in [-0.2, -0.15) is 0 Å². The van der Waals surface area contributed by atoms with Crippen molar-refractivity contribution in [2.75, 3.05) is 13.1 Å². The third-order valence-corrected chi connectivity index (χ3v) is 5.88. The highest BCUT2D eigenvalue weighted by atomic mass is 16.2. The number of carbonyl (C=O) groups is 1. The predicted octanol–water partition coefficient (Wildman–Crippen LogP) is 3.19. The van der Waals surface area contributed by atoms with Gasteiger partial charge in [-0.3, -0.25) is 4.79 Å². The molecule has 1 aliphatic heterocycles. The van der Waals surface area contributed by atoms with Gasteiger partial charge in [-0.05, 0) is 56.3 Å². The Labute approximate surface area is 129 Å². The number of nitrogens with one attached hydrogen (secondary N) is 1. The summed E-state index contributed by atoms with van der Waals surface area (Å²) >= 11 is 0. The molecule has 2 aliphatic carbocycles. The van der Waals surface area contributed by atoms with Gasteiger partial charge in [-0.15, -0.1) is 0 Å². The first-order valence-corrected chi connectivity index (χ1v) is 8.99. The van der Waals surface area contributed by atoms with Gasteiger partial charge in [0.15, 0.2) is 0 Å². The summed E-state index contributed by atoms with van der Waals surface area (Å²) in [5.41, 5.74) is 0.525. The number of rotatable bonds is 3. The maximum Gasteiger partial charge on any atom is 0.225 e. The highest BCUT2D eigenvalue weighted by molar-refractivity contribution is 5.81. The molecule has 0 aromatic rings. The van der Waals surface area contributed by atoms with Crippen molar-refractivity contribution in [3.63, 3.8) is 0 Å². The zero-order valence-electron chi connectivity index (χ0n) is 14.0. The van der Waals surface area contributed by atoms with Crippen molar-refractivity contribution in [1.29, 1.82) is 0 Å². The number of hydrogen-bond donors (Lipinski definition) is 1. The maximum atomic E-state index is 12.1. The number of nitrogens with zero attached hydrogens (tertiary/aromatic N) is 1. The van der Waals surface area contributed by atoms with Crippen LogP contribution in [0.1, 0.15) is 65.7 Å². The van der Waals surface area contributed by atoms with Gasteiger partial charge in [0, 0.05) is 31.1 Å². The largest absolute Gasteiger partial charge is 0.342 e. The van der Waals surface area contributed by atoms with Crippen molar-refractivity contribution in [2.24, 2.45) is 17.3 Å². The first kappa shape index (κ1) is 15.3. The summed E-state index contributed by atoms with van der Waals surface area (Å²) in [6.07, 6.45) is 8.54. The maximum absolute atomic E-state index is 12.1. The average molecular weight is 292 g/mol. The summed E-state index contributed by atoms with van der Waals surface area (Å²) in [5, 5.41) is 3.91. The van der Waals surface area contributed by atoms with Gasteiger partial charge in [-0.25, -0.2) is 0 Å². The van der Waals surface area contributed by atoms with Crippen LogP contribution in [0.4, 0.5) is 0 Å². The summed E-state index contributed by atoms with van der Waals surface area (Å²) in [4.78, 5) is 14.2. The lowest BCUT2D eigenvalue weighted by molar-refractivity contribution is -0.133. The summed E-state index contributed by atoms with van der Waals surface area (Å²) in [7, 11) is 0. The van der Waals surface area contributed by atoms with E-state index < -0.39 is 0 Å². The molecule has 0 aromatic carbocycles. The number of piperidine rings is 1. The molecule has 3 aliphatic rings. The molecule has 3 rings (SSSR count). The highest BCUT2D eigenvalue weighted by Gasteiger charge is 2.36. The Balaban J connectivity index is 1.44. The Morgan fingerprint density at radius 1 is 1.10 bits per heavy atom. The summed E-state index contributed by atoms with van der Waals surface area (Å²) in [6.45, 7) is 9.16. The zero-order chi connectivity index (χ0) is 15.0. The van der Waals surface area contributed by atoms with E-state index in [4.69, 9.17) is 0 Å². The minimum Gasteiger partial charge on any atom is -0.342 e. The second kappa shape index (κ2) is 5.91.